The minimum Gasteiger partial charge on any atom is -0.208 e. The van der Waals surface area contributed by atoms with Crippen LogP contribution in [0.4, 0.5) is 0 Å². The SMILES string of the molecule is c1ccc2cc(-c3ccc(-c4nc(-c5ccc6c(c5)sc5ccccc56)nc(-c5cccc6ccc7c8ccccc8ccc7c56)n4)cc3)ccc2c1. The Balaban J connectivity index is 1.11. The van der Waals surface area contributed by atoms with Crippen LogP contribution in [0.1, 0.15) is 0 Å². The van der Waals surface area contributed by atoms with Crippen LogP contribution in [0, 0.1) is 0 Å². The predicted octanol–water partition coefficient (Wildman–Crippen LogP) is 13.5. The Kier molecular flexibility index (Phi) is 6.73. The molecule has 4 heteroatoms. The summed E-state index contributed by atoms with van der Waals surface area (Å²) in [6.45, 7) is 0. The number of hydrogen-bond donors (Lipinski definition) is 0. The first-order valence-electron chi connectivity index (χ1n) is 17.8. The molecule has 0 bridgehead atoms. The molecule has 0 fully saturated rings. The molecule has 0 N–H and O–H groups in total. The van der Waals surface area contributed by atoms with Gasteiger partial charge in [0.05, 0.1) is 0 Å². The minimum absolute atomic E-state index is 0.647. The molecule has 0 spiro atoms. The molecule has 11 rings (SSSR count). The summed E-state index contributed by atoms with van der Waals surface area (Å²) in [6, 6.07) is 62.8. The second-order valence-corrected chi connectivity index (χ2v) is 14.7. The highest BCUT2D eigenvalue weighted by molar-refractivity contribution is 7.25. The normalized spacial score (nSPS) is 11.8. The molecule has 0 unspecified atom stereocenters. The summed E-state index contributed by atoms with van der Waals surface area (Å²) in [5.74, 6) is 1.96. The lowest BCUT2D eigenvalue weighted by Gasteiger charge is -2.13. The molecule has 2 heterocycles. The summed E-state index contributed by atoms with van der Waals surface area (Å²) >= 11 is 1.80. The smallest absolute Gasteiger partial charge is 0.164 e. The molecule has 9 aromatic carbocycles. The highest BCUT2D eigenvalue weighted by Gasteiger charge is 2.17. The molecule has 0 aliphatic rings. The van der Waals surface area contributed by atoms with E-state index in [2.05, 4.69) is 176 Å². The van der Waals surface area contributed by atoms with E-state index in [1.807, 2.05) is 0 Å². The highest BCUT2D eigenvalue weighted by atomic mass is 32.1. The fraction of sp³-hybridized carbons (Fsp3) is 0. The predicted molar refractivity (Wildman–Crippen MR) is 224 cm³/mol. The molecular formula is C49H29N3S. The van der Waals surface area contributed by atoms with Crippen molar-refractivity contribution in [1.82, 2.24) is 15.0 Å². The van der Waals surface area contributed by atoms with Gasteiger partial charge in [-0.2, -0.15) is 0 Å². The zero-order valence-corrected chi connectivity index (χ0v) is 29.3. The van der Waals surface area contributed by atoms with Gasteiger partial charge in [0.2, 0.25) is 0 Å². The zero-order valence-electron chi connectivity index (χ0n) is 28.5. The van der Waals surface area contributed by atoms with Gasteiger partial charge < -0.3 is 0 Å². The van der Waals surface area contributed by atoms with Crippen molar-refractivity contribution in [1.29, 1.82) is 0 Å². The van der Waals surface area contributed by atoms with E-state index >= 15 is 0 Å². The van der Waals surface area contributed by atoms with E-state index in [-0.39, 0.29) is 0 Å². The van der Waals surface area contributed by atoms with E-state index in [4.69, 9.17) is 15.0 Å². The first-order valence-corrected chi connectivity index (χ1v) is 18.7. The Morgan fingerprint density at radius 1 is 0.302 bits per heavy atom. The average Bonchev–Trinajstić information content (AvgIpc) is 3.61. The van der Waals surface area contributed by atoms with E-state index in [9.17, 15) is 0 Å². The van der Waals surface area contributed by atoms with Crippen LogP contribution >= 0.6 is 11.3 Å². The summed E-state index contributed by atoms with van der Waals surface area (Å²) in [7, 11) is 0. The second kappa shape index (κ2) is 11.9. The van der Waals surface area contributed by atoms with Crippen molar-refractivity contribution in [2.75, 3.05) is 0 Å². The van der Waals surface area contributed by atoms with E-state index in [0.29, 0.717) is 17.5 Å². The van der Waals surface area contributed by atoms with Gasteiger partial charge in [0.25, 0.3) is 0 Å². The molecule has 3 nitrogen and oxygen atoms in total. The topological polar surface area (TPSA) is 38.7 Å². The minimum atomic E-state index is 0.647. The Morgan fingerprint density at radius 2 is 0.887 bits per heavy atom. The van der Waals surface area contributed by atoms with Crippen molar-refractivity contribution in [3.63, 3.8) is 0 Å². The molecule has 0 aliphatic heterocycles. The fourth-order valence-electron chi connectivity index (χ4n) is 7.86. The lowest BCUT2D eigenvalue weighted by atomic mass is 9.94. The van der Waals surface area contributed by atoms with E-state index in [1.54, 1.807) is 11.3 Å². The summed E-state index contributed by atoms with van der Waals surface area (Å²) in [5.41, 5.74) is 5.23. The number of hydrogen-bond acceptors (Lipinski definition) is 4. The molecule has 0 amide bonds. The number of aromatic nitrogens is 3. The van der Waals surface area contributed by atoms with Crippen LogP contribution in [0.2, 0.25) is 0 Å². The van der Waals surface area contributed by atoms with E-state index < -0.39 is 0 Å². The van der Waals surface area contributed by atoms with Gasteiger partial charge in [-0.15, -0.1) is 11.3 Å². The van der Waals surface area contributed by atoms with Crippen LogP contribution < -0.4 is 0 Å². The number of thiophene rings is 1. The molecule has 0 aliphatic carbocycles. The van der Waals surface area contributed by atoms with E-state index in [1.165, 1.54) is 58.1 Å². The molecule has 0 saturated carbocycles. The van der Waals surface area contributed by atoms with Crippen LogP contribution in [-0.4, -0.2) is 15.0 Å². The summed E-state index contributed by atoms with van der Waals surface area (Å²) in [4.78, 5) is 15.7. The van der Waals surface area contributed by atoms with Crippen molar-refractivity contribution in [3.05, 3.63) is 176 Å². The largest absolute Gasteiger partial charge is 0.208 e. The van der Waals surface area contributed by atoms with Crippen LogP contribution in [0.3, 0.4) is 0 Å². The first kappa shape index (κ1) is 29.9. The number of benzene rings is 9. The number of fused-ring (bicyclic) bond motifs is 9. The maximum Gasteiger partial charge on any atom is 0.164 e. The number of nitrogens with zero attached hydrogens (tertiary/aromatic N) is 3. The van der Waals surface area contributed by atoms with Crippen molar-refractivity contribution < 1.29 is 0 Å². The van der Waals surface area contributed by atoms with Gasteiger partial charge in [0.15, 0.2) is 17.5 Å². The standard InChI is InChI=1S/C49H29N3S/c1-2-10-35-28-36(21-18-30(35)8-1)31-16-19-34(20-17-31)47-50-48(37-24-26-41-40-13-5-6-15-44(40)53-45(41)29-37)52-49(51-47)43-14-7-11-33-23-25-39-38-12-4-3-9-32(38)22-27-42(39)46(33)43/h1-29H. The van der Waals surface area contributed by atoms with Gasteiger partial charge in [-0.3, -0.25) is 0 Å². The Hall–Kier alpha value is -6.75. The quantitative estimate of drug-likeness (QED) is 0.172. The molecule has 0 atom stereocenters. The first-order chi connectivity index (χ1) is 26.2. The van der Waals surface area contributed by atoms with Crippen LogP contribution in [0.15, 0.2) is 176 Å². The van der Waals surface area contributed by atoms with Gasteiger partial charge in [0.1, 0.15) is 0 Å². The summed E-state index contributed by atoms with van der Waals surface area (Å²) < 4.78 is 2.49. The third-order valence-electron chi connectivity index (χ3n) is 10.5. The second-order valence-electron chi connectivity index (χ2n) is 13.6. The van der Waals surface area contributed by atoms with Gasteiger partial charge in [-0.25, -0.2) is 15.0 Å². The average molecular weight is 692 g/mol. The molecule has 0 saturated heterocycles. The molecule has 53 heavy (non-hydrogen) atoms. The van der Waals surface area contributed by atoms with Crippen LogP contribution in [0.25, 0.3) is 109 Å². The highest BCUT2D eigenvalue weighted by Crippen LogP contribution is 2.39. The lowest BCUT2D eigenvalue weighted by Crippen LogP contribution is -2.00. The summed E-state index contributed by atoms with van der Waals surface area (Å²) in [5, 5.41) is 12.2. The summed E-state index contributed by atoms with van der Waals surface area (Å²) in [6.07, 6.45) is 0. The number of rotatable bonds is 4. The Morgan fingerprint density at radius 3 is 1.77 bits per heavy atom. The lowest BCUT2D eigenvalue weighted by molar-refractivity contribution is 1.08. The third kappa shape index (κ3) is 4.99. The van der Waals surface area contributed by atoms with Crippen molar-refractivity contribution in [2.24, 2.45) is 0 Å². The zero-order chi connectivity index (χ0) is 34.9. The van der Waals surface area contributed by atoms with Crippen molar-refractivity contribution >= 4 is 74.6 Å². The molecule has 2 aromatic heterocycles. The van der Waals surface area contributed by atoms with Crippen LogP contribution in [0.5, 0.6) is 0 Å². The van der Waals surface area contributed by atoms with E-state index in [0.717, 1.165) is 33.0 Å². The van der Waals surface area contributed by atoms with Gasteiger partial charge in [-0.1, -0.05) is 158 Å². The molecule has 11 aromatic rings. The Labute approximate surface area is 309 Å². The molecular weight excluding hydrogens is 663 g/mol. The van der Waals surface area contributed by atoms with Gasteiger partial charge in [-0.05, 0) is 67.0 Å². The fourth-order valence-corrected chi connectivity index (χ4v) is 9.01. The third-order valence-corrected chi connectivity index (χ3v) is 11.6. The maximum absolute atomic E-state index is 5.26. The monoisotopic (exact) mass is 691 g/mol. The maximum atomic E-state index is 5.26. The van der Waals surface area contributed by atoms with Crippen LogP contribution in [-0.2, 0) is 0 Å². The van der Waals surface area contributed by atoms with Crippen molar-refractivity contribution in [3.8, 4) is 45.3 Å². The van der Waals surface area contributed by atoms with Crippen molar-refractivity contribution in [2.45, 2.75) is 0 Å². The molecule has 0 radical (unpaired) electrons. The Bertz CT molecular complexity index is 3230. The molecule has 246 valence electrons. The van der Waals surface area contributed by atoms with Gasteiger partial charge >= 0.3 is 0 Å². The van der Waals surface area contributed by atoms with Gasteiger partial charge in [0, 0.05) is 42.2 Å².